The number of hydrogen-bond acceptors (Lipinski definition) is 1. The molecule has 112 valence electrons. The van der Waals surface area contributed by atoms with Crippen LogP contribution in [0.1, 0.15) is 51.1 Å². The predicted molar refractivity (Wildman–Crippen MR) is 81.6 cm³/mol. The smallest absolute Gasteiger partial charge is 0.132 e. The minimum Gasteiger partial charge on any atom is -0.310 e. The fraction of sp³-hybridized carbons (Fsp3) is 0.625. The van der Waals surface area contributed by atoms with Gasteiger partial charge in [0.15, 0.2) is 0 Å². The fourth-order valence-electron chi connectivity index (χ4n) is 3.36. The average molecular weight is 346 g/mol. The van der Waals surface area contributed by atoms with Gasteiger partial charge in [-0.1, -0.05) is 42.6 Å². The number of nitrogens with one attached hydrogen (secondary N) is 1. The Hall–Kier alpha value is -0.480. The first-order chi connectivity index (χ1) is 9.52. The lowest BCUT2D eigenvalue weighted by atomic mass is 9.76. The fourth-order valence-corrected chi connectivity index (χ4v) is 3.76. The van der Waals surface area contributed by atoms with Crippen molar-refractivity contribution in [2.75, 3.05) is 6.54 Å². The average Bonchev–Trinajstić information content (AvgIpc) is 2.36. The third-order valence-electron chi connectivity index (χ3n) is 4.23. The summed E-state index contributed by atoms with van der Waals surface area (Å²) in [6, 6.07) is 2.49. The molecule has 1 aromatic rings. The van der Waals surface area contributed by atoms with Crippen LogP contribution in [-0.2, 0) is 0 Å². The minimum atomic E-state index is -0.457. The third-order valence-corrected chi connectivity index (χ3v) is 4.69. The van der Waals surface area contributed by atoms with Crippen molar-refractivity contribution >= 4 is 15.9 Å². The molecule has 4 heteroatoms. The molecule has 0 radical (unpaired) electrons. The van der Waals surface area contributed by atoms with E-state index in [-0.39, 0.29) is 11.6 Å². The summed E-state index contributed by atoms with van der Waals surface area (Å²) in [7, 11) is 0. The van der Waals surface area contributed by atoms with Gasteiger partial charge < -0.3 is 5.32 Å². The van der Waals surface area contributed by atoms with E-state index in [1.807, 2.05) is 6.92 Å². The van der Waals surface area contributed by atoms with E-state index in [2.05, 4.69) is 28.2 Å². The molecule has 1 saturated carbocycles. The lowest BCUT2D eigenvalue weighted by Gasteiger charge is -2.34. The van der Waals surface area contributed by atoms with Crippen LogP contribution in [0.4, 0.5) is 8.78 Å². The van der Waals surface area contributed by atoms with E-state index in [9.17, 15) is 8.78 Å². The van der Waals surface area contributed by atoms with Gasteiger partial charge >= 0.3 is 0 Å². The van der Waals surface area contributed by atoms with Crippen molar-refractivity contribution in [3.63, 3.8) is 0 Å². The molecule has 1 fully saturated rings. The Labute approximate surface area is 128 Å². The molecule has 1 N–H and O–H groups in total. The first-order valence-electron chi connectivity index (χ1n) is 7.40. The second kappa shape index (κ2) is 6.99. The molecule has 3 atom stereocenters. The highest BCUT2D eigenvalue weighted by molar-refractivity contribution is 9.10. The number of rotatable bonds is 4. The quantitative estimate of drug-likeness (QED) is 0.790. The number of halogens is 3. The Morgan fingerprint density at radius 2 is 1.95 bits per heavy atom. The zero-order chi connectivity index (χ0) is 14.7. The first kappa shape index (κ1) is 15.9. The van der Waals surface area contributed by atoms with Crippen LogP contribution >= 0.6 is 15.9 Å². The molecule has 1 aliphatic carbocycles. The molecule has 20 heavy (non-hydrogen) atoms. The van der Waals surface area contributed by atoms with Crippen LogP contribution < -0.4 is 5.32 Å². The molecule has 0 saturated heterocycles. The van der Waals surface area contributed by atoms with E-state index in [1.54, 1.807) is 0 Å². The summed E-state index contributed by atoms with van der Waals surface area (Å²) in [5, 5.41) is 3.29. The SMILES string of the molecule is CCNC(c1c(F)cc(Br)cc1F)C1CCCC(C)C1. The number of benzene rings is 1. The van der Waals surface area contributed by atoms with Gasteiger partial charge in [-0.15, -0.1) is 0 Å². The maximum Gasteiger partial charge on any atom is 0.132 e. The minimum absolute atomic E-state index is 0.203. The maximum atomic E-state index is 14.2. The second-order valence-electron chi connectivity index (χ2n) is 5.85. The summed E-state index contributed by atoms with van der Waals surface area (Å²) < 4.78 is 28.9. The van der Waals surface area contributed by atoms with E-state index in [0.717, 1.165) is 19.3 Å². The van der Waals surface area contributed by atoms with Crippen molar-refractivity contribution in [3.05, 3.63) is 33.8 Å². The molecule has 0 aromatic heterocycles. The van der Waals surface area contributed by atoms with Gasteiger partial charge in [-0.3, -0.25) is 0 Å². The van der Waals surface area contributed by atoms with Gasteiger partial charge in [0, 0.05) is 16.1 Å². The summed E-state index contributed by atoms with van der Waals surface area (Å²) in [5.74, 6) is 0.0301. The molecule has 2 rings (SSSR count). The van der Waals surface area contributed by atoms with Crippen LogP contribution in [0.25, 0.3) is 0 Å². The molecule has 1 aliphatic rings. The molecule has 0 bridgehead atoms. The van der Waals surface area contributed by atoms with E-state index in [0.29, 0.717) is 22.9 Å². The maximum absolute atomic E-state index is 14.2. The van der Waals surface area contributed by atoms with Gasteiger partial charge in [0.05, 0.1) is 0 Å². The van der Waals surface area contributed by atoms with Crippen molar-refractivity contribution in [2.45, 2.75) is 45.6 Å². The number of hydrogen-bond donors (Lipinski definition) is 1. The standard InChI is InChI=1S/C16H22BrF2N/c1-3-20-16(11-6-4-5-10(2)7-11)15-13(18)8-12(17)9-14(15)19/h8-11,16,20H,3-7H2,1-2H3. The Bertz CT molecular complexity index is 441. The Morgan fingerprint density at radius 3 is 2.50 bits per heavy atom. The Kier molecular flexibility index (Phi) is 5.56. The molecule has 0 amide bonds. The van der Waals surface area contributed by atoms with E-state index in [1.165, 1.54) is 18.6 Å². The molecule has 0 spiro atoms. The van der Waals surface area contributed by atoms with Gasteiger partial charge in [0.25, 0.3) is 0 Å². The Morgan fingerprint density at radius 1 is 1.30 bits per heavy atom. The van der Waals surface area contributed by atoms with Crippen LogP contribution in [0.3, 0.4) is 0 Å². The zero-order valence-corrected chi connectivity index (χ0v) is 13.6. The molecule has 0 aliphatic heterocycles. The van der Waals surface area contributed by atoms with Crippen molar-refractivity contribution in [2.24, 2.45) is 11.8 Å². The zero-order valence-electron chi connectivity index (χ0n) is 12.1. The van der Waals surface area contributed by atoms with E-state index < -0.39 is 11.6 Å². The van der Waals surface area contributed by atoms with Gasteiger partial charge in [-0.05, 0) is 43.4 Å². The molecule has 3 unspecified atom stereocenters. The molecular formula is C16H22BrF2N. The van der Waals surface area contributed by atoms with Gasteiger partial charge in [0.2, 0.25) is 0 Å². The van der Waals surface area contributed by atoms with Crippen LogP contribution in [0.5, 0.6) is 0 Å². The summed E-state index contributed by atoms with van der Waals surface area (Å²) in [6.07, 6.45) is 4.44. The highest BCUT2D eigenvalue weighted by atomic mass is 79.9. The van der Waals surface area contributed by atoms with Gasteiger partial charge in [-0.2, -0.15) is 0 Å². The second-order valence-corrected chi connectivity index (χ2v) is 6.77. The highest BCUT2D eigenvalue weighted by Gasteiger charge is 2.31. The topological polar surface area (TPSA) is 12.0 Å². The lowest BCUT2D eigenvalue weighted by molar-refractivity contribution is 0.219. The van der Waals surface area contributed by atoms with Gasteiger partial charge in [-0.25, -0.2) is 8.78 Å². The molecule has 1 aromatic carbocycles. The van der Waals surface area contributed by atoms with Crippen molar-refractivity contribution < 1.29 is 8.78 Å². The van der Waals surface area contributed by atoms with Crippen LogP contribution in [-0.4, -0.2) is 6.54 Å². The van der Waals surface area contributed by atoms with Crippen molar-refractivity contribution in [1.82, 2.24) is 5.32 Å². The van der Waals surface area contributed by atoms with Crippen LogP contribution in [0, 0.1) is 23.5 Å². The summed E-state index contributed by atoms with van der Waals surface area (Å²) in [5.41, 5.74) is 0.203. The summed E-state index contributed by atoms with van der Waals surface area (Å²) in [6.45, 7) is 4.92. The van der Waals surface area contributed by atoms with Gasteiger partial charge in [0.1, 0.15) is 11.6 Å². The third kappa shape index (κ3) is 3.59. The van der Waals surface area contributed by atoms with Crippen molar-refractivity contribution in [3.8, 4) is 0 Å². The normalized spacial score (nSPS) is 24.6. The predicted octanol–water partition coefficient (Wildman–Crippen LogP) is 5.20. The summed E-state index contributed by atoms with van der Waals surface area (Å²) in [4.78, 5) is 0. The summed E-state index contributed by atoms with van der Waals surface area (Å²) >= 11 is 3.14. The highest BCUT2D eigenvalue weighted by Crippen LogP contribution is 2.39. The first-order valence-corrected chi connectivity index (χ1v) is 8.20. The van der Waals surface area contributed by atoms with Crippen LogP contribution in [0.2, 0.25) is 0 Å². The van der Waals surface area contributed by atoms with Crippen molar-refractivity contribution in [1.29, 1.82) is 0 Å². The van der Waals surface area contributed by atoms with E-state index in [4.69, 9.17) is 0 Å². The van der Waals surface area contributed by atoms with E-state index >= 15 is 0 Å². The van der Waals surface area contributed by atoms with Crippen LogP contribution in [0.15, 0.2) is 16.6 Å². The largest absolute Gasteiger partial charge is 0.310 e. The molecule has 1 nitrogen and oxygen atoms in total. The monoisotopic (exact) mass is 345 g/mol. The Balaban J connectivity index is 2.33. The molecule has 0 heterocycles. The lowest BCUT2D eigenvalue weighted by Crippen LogP contribution is -2.32. The molecular weight excluding hydrogens is 324 g/mol.